The molecule has 0 aromatic heterocycles. The van der Waals surface area contributed by atoms with Crippen LogP contribution in [-0.4, -0.2) is 31.2 Å². The van der Waals surface area contributed by atoms with Gasteiger partial charge < -0.3 is 15.4 Å². The zero-order valence-corrected chi connectivity index (χ0v) is 8.29. The number of rotatable bonds is 4. The Kier molecular flexibility index (Phi) is 5.95. The van der Waals surface area contributed by atoms with E-state index < -0.39 is 12.0 Å². The highest BCUT2D eigenvalue weighted by Gasteiger charge is 2.06. The van der Waals surface area contributed by atoms with Crippen LogP contribution in [0.15, 0.2) is 0 Å². The minimum absolute atomic E-state index is 0.156. The highest BCUT2D eigenvalue weighted by atomic mass is 16.5. The number of hydrogen-bond acceptors (Lipinski definition) is 3. The molecule has 0 aromatic rings. The number of urea groups is 1. The number of esters is 1. The van der Waals surface area contributed by atoms with Crippen molar-refractivity contribution in [3.05, 3.63) is 0 Å². The monoisotopic (exact) mass is 198 g/mol. The molecule has 0 aliphatic carbocycles. The van der Waals surface area contributed by atoms with Crippen molar-refractivity contribution in [2.45, 2.75) is 19.9 Å². The molecule has 1 atom stereocenters. The molecular formula is C9H14N2O3. The van der Waals surface area contributed by atoms with E-state index in [1.54, 1.807) is 13.8 Å². The van der Waals surface area contributed by atoms with Gasteiger partial charge in [0, 0.05) is 0 Å². The van der Waals surface area contributed by atoms with Crippen LogP contribution in [0.1, 0.15) is 13.8 Å². The van der Waals surface area contributed by atoms with Gasteiger partial charge in [-0.2, -0.15) is 0 Å². The number of carbonyl (C=O) groups is 2. The zero-order chi connectivity index (χ0) is 11.0. The molecule has 2 amide bonds. The predicted molar refractivity (Wildman–Crippen MR) is 51.5 cm³/mol. The molecule has 0 spiro atoms. The minimum atomic E-state index is -0.483. The molecule has 5 nitrogen and oxygen atoms in total. The Morgan fingerprint density at radius 2 is 2.21 bits per heavy atom. The molecule has 78 valence electrons. The summed E-state index contributed by atoms with van der Waals surface area (Å²) >= 11 is 0. The van der Waals surface area contributed by atoms with Crippen LogP contribution in [-0.2, 0) is 9.53 Å². The summed E-state index contributed by atoms with van der Waals surface area (Å²) in [6, 6.07) is -0.847. The Labute approximate surface area is 83.2 Å². The fourth-order valence-corrected chi connectivity index (χ4v) is 0.654. The van der Waals surface area contributed by atoms with E-state index in [0.29, 0.717) is 6.61 Å². The average Bonchev–Trinajstić information content (AvgIpc) is 2.15. The first-order chi connectivity index (χ1) is 6.60. The lowest BCUT2D eigenvalue weighted by Crippen LogP contribution is -2.42. The van der Waals surface area contributed by atoms with Gasteiger partial charge >= 0.3 is 12.0 Å². The van der Waals surface area contributed by atoms with Crippen LogP contribution >= 0.6 is 0 Å². The van der Waals surface area contributed by atoms with Crippen molar-refractivity contribution < 1.29 is 14.3 Å². The summed E-state index contributed by atoms with van der Waals surface area (Å²) in [4.78, 5) is 21.8. The van der Waals surface area contributed by atoms with Gasteiger partial charge in [-0.25, -0.2) is 4.79 Å². The average molecular weight is 198 g/mol. The van der Waals surface area contributed by atoms with Crippen molar-refractivity contribution in [3.63, 3.8) is 0 Å². The summed E-state index contributed by atoms with van der Waals surface area (Å²) < 4.78 is 4.60. The summed E-state index contributed by atoms with van der Waals surface area (Å²) in [5.41, 5.74) is 0. The number of hydrogen-bond donors (Lipinski definition) is 2. The zero-order valence-electron chi connectivity index (χ0n) is 8.29. The number of carbonyl (C=O) groups excluding carboxylic acids is 2. The third-order valence-corrected chi connectivity index (χ3v) is 1.30. The number of nitrogens with one attached hydrogen (secondary N) is 2. The van der Waals surface area contributed by atoms with E-state index in [1.807, 2.05) is 0 Å². The van der Waals surface area contributed by atoms with Gasteiger partial charge in [0.25, 0.3) is 0 Å². The molecule has 0 fully saturated rings. The van der Waals surface area contributed by atoms with E-state index >= 15 is 0 Å². The van der Waals surface area contributed by atoms with Gasteiger partial charge in [-0.3, -0.25) is 4.79 Å². The van der Waals surface area contributed by atoms with Crippen molar-refractivity contribution in [3.8, 4) is 12.3 Å². The summed E-state index contributed by atoms with van der Waals surface area (Å²) in [5.74, 6) is 1.84. The fraction of sp³-hybridized carbons (Fsp3) is 0.556. The third kappa shape index (κ3) is 5.89. The molecule has 0 radical (unpaired) electrons. The second-order valence-corrected chi connectivity index (χ2v) is 2.52. The van der Waals surface area contributed by atoms with Crippen molar-refractivity contribution in [1.29, 1.82) is 0 Å². The highest BCUT2D eigenvalue weighted by molar-refractivity contribution is 5.81. The van der Waals surface area contributed by atoms with Crippen LogP contribution in [0.3, 0.4) is 0 Å². The maximum Gasteiger partial charge on any atom is 0.325 e. The van der Waals surface area contributed by atoms with Crippen LogP contribution in [0, 0.1) is 12.3 Å². The minimum Gasteiger partial charge on any atom is -0.465 e. The normalized spacial score (nSPS) is 10.9. The molecule has 0 aliphatic rings. The molecule has 0 rings (SSSR count). The van der Waals surface area contributed by atoms with Gasteiger partial charge in [-0.1, -0.05) is 5.92 Å². The largest absolute Gasteiger partial charge is 0.465 e. The Morgan fingerprint density at radius 1 is 1.57 bits per heavy atom. The maximum atomic E-state index is 11.0. The summed E-state index contributed by atoms with van der Waals surface area (Å²) in [5, 5.41) is 4.75. The van der Waals surface area contributed by atoms with Crippen LogP contribution in [0.2, 0.25) is 0 Å². The molecule has 1 unspecified atom stereocenters. The van der Waals surface area contributed by atoms with E-state index in [9.17, 15) is 9.59 Å². The molecule has 0 bridgehead atoms. The van der Waals surface area contributed by atoms with Gasteiger partial charge in [0.15, 0.2) is 0 Å². The third-order valence-electron chi connectivity index (χ3n) is 1.30. The molecule has 5 heteroatoms. The standard InChI is InChI=1S/C9H14N2O3/c1-4-7(3)11-9(13)10-6-8(12)14-5-2/h1,7H,5-6H2,2-3H3,(H2,10,11,13). The molecule has 0 heterocycles. The van der Waals surface area contributed by atoms with E-state index in [0.717, 1.165) is 0 Å². The molecule has 0 saturated carbocycles. The lowest BCUT2D eigenvalue weighted by molar-refractivity contribution is -0.141. The second-order valence-electron chi connectivity index (χ2n) is 2.52. The van der Waals surface area contributed by atoms with Gasteiger partial charge in [0.2, 0.25) is 0 Å². The maximum absolute atomic E-state index is 11.0. The van der Waals surface area contributed by atoms with E-state index in [-0.39, 0.29) is 12.6 Å². The van der Waals surface area contributed by atoms with Gasteiger partial charge in [-0.05, 0) is 13.8 Å². The molecular weight excluding hydrogens is 184 g/mol. The van der Waals surface area contributed by atoms with Crippen molar-refractivity contribution >= 4 is 12.0 Å². The van der Waals surface area contributed by atoms with Crippen LogP contribution in [0.25, 0.3) is 0 Å². The molecule has 0 aliphatic heterocycles. The molecule has 14 heavy (non-hydrogen) atoms. The molecule has 0 saturated heterocycles. The fourth-order valence-electron chi connectivity index (χ4n) is 0.654. The SMILES string of the molecule is C#CC(C)NC(=O)NCC(=O)OCC. The molecule has 0 aromatic carbocycles. The number of ether oxygens (including phenoxy) is 1. The van der Waals surface area contributed by atoms with E-state index in [4.69, 9.17) is 6.42 Å². The van der Waals surface area contributed by atoms with Crippen LogP contribution < -0.4 is 10.6 Å². The van der Waals surface area contributed by atoms with Crippen molar-refractivity contribution in [2.75, 3.05) is 13.2 Å². The second kappa shape index (κ2) is 6.78. The lowest BCUT2D eigenvalue weighted by Gasteiger charge is -2.08. The lowest BCUT2D eigenvalue weighted by atomic mass is 10.4. The summed E-state index contributed by atoms with van der Waals surface area (Å²) in [6.45, 7) is 3.49. The van der Waals surface area contributed by atoms with Crippen molar-refractivity contribution in [2.24, 2.45) is 0 Å². The highest BCUT2D eigenvalue weighted by Crippen LogP contribution is 1.78. The topological polar surface area (TPSA) is 67.4 Å². The summed E-state index contributed by atoms with van der Waals surface area (Å²) in [7, 11) is 0. The summed E-state index contributed by atoms with van der Waals surface area (Å²) in [6.07, 6.45) is 5.04. The van der Waals surface area contributed by atoms with Crippen LogP contribution in [0.5, 0.6) is 0 Å². The van der Waals surface area contributed by atoms with E-state index in [1.165, 1.54) is 0 Å². The quantitative estimate of drug-likeness (QED) is 0.488. The van der Waals surface area contributed by atoms with Gasteiger partial charge in [0.1, 0.15) is 6.54 Å². The Bertz CT molecular complexity index is 245. The first kappa shape index (κ1) is 12.3. The van der Waals surface area contributed by atoms with Gasteiger partial charge in [-0.15, -0.1) is 6.42 Å². The Morgan fingerprint density at radius 3 is 2.71 bits per heavy atom. The van der Waals surface area contributed by atoms with Crippen molar-refractivity contribution in [1.82, 2.24) is 10.6 Å². The smallest absolute Gasteiger partial charge is 0.325 e. The van der Waals surface area contributed by atoms with Gasteiger partial charge in [0.05, 0.1) is 12.6 Å². The van der Waals surface area contributed by atoms with E-state index in [2.05, 4.69) is 21.3 Å². The first-order valence-corrected chi connectivity index (χ1v) is 4.26. The first-order valence-electron chi connectivity index (χ1n) is 4.26. The predicted octanol–water partition coefficient (Wildman–Crippen LogP) is -0.130. The Balaban J connectivity index is 3.65. The number of terminal acetylenes is 1. The van der Waals surface area contributed by atoms with Crippen LogP contribution in [0.4, 0.5) is 4.79 Å². The Hall–Kier alpha value is -1.70. The molecule has 2 N–H and O–H groups in total. The number of amides is 2.